The van der Waals surface area contributed by atoms with Crippen LogP contribution in [0, 0.1) is 5.92 Å². The fraction of sp³-hybridized carbons (Fsp3) is 0.500. The first-order chi connectivity index (χ1) is 11.9. The third-order valence-corrected chi connectivity index (χ3v) is 3.68. The number of carbonyl (C=O) groups is 3. The van der Waals surface area contributed by atoms with Crippen LogP contribution < -0.4 is 15.0 Å². The van der Waals surface area contributed by atoms with Crippen molar-refractivity contribution in [2.75, 3.05) is 24.6 Å². The zero-order valence-electron chi connectivity index (χ0n) is 14.8. The second-order valence-corrected chi connectivity index (χ2v) is 6.32. The molecule has 0 fully saturated rings. The minimum atomic E-state index is -0.917. The fourth-order valence-corrected chi connectivity index (χ4v) is 2.36. The molecule has 0 saturated heterocycles. The van der Waals surface area contributed by atoms with Crippen LogP contribution >= 0.6 is 0 Å². The second-order valence-electron chi connectivity index (χ2n) is 6.32. The number of para-hydroxylation sites is 2. The summed E-state index contributed by atoms with van der Waals surface area (Å²) in [5.74, 6) is -0.369. The quantitative estimate of drug-likeness (QED) is 0.788. The predicted molar refractivity (Wildman–Crippen MR) is 92.3 cm³/mol. The Morgan fingerprint density at radius 2 is 2.00 bits per heavy atom. The van der Waals surface area contributed by atoms with Crippen LogP contribution in [0.4, 0.5) is 5.69 Å². The molecule has 0 saturated carbocycles. The summed E-state index contributed by atoms with van der Waals surface area (Å²) in [6.07, 6.45) is -0.744. The van der Waals surface area contributed by atoms with Gasteiger partial charge in [-0.2, -0.15) is 0 Å². The first-order valence-electron chi connectivity index (χ1n) is 8.38. The van der Waals surface area contributed by atoms with Crippen LogP contribution in [0.2, 0.25) is 0 Å². The summed E-state index contributed by atoms with van der Waals surface area (Å²) in [6.45, 7) is 5.96. The standard InChI is InChI=1S/C18H24N2O5/c1-12(2)10-19-18(23)13(3)25-17(22)11-20-14-6-4-5-7-15(14)24-9-8-16(20)21/h4-7,12-13H,8-11H2,1-3H3,(H,19,23)/t13-/m0/s1. The maximum Gasteiger partial charge on any atom is 0.326 e. The summed E-state index contributed by atoms with van der Waals surface area (Å²) in [5.41, 5.74) is 0.527. The van der Waals surface area contributed by atoms with Crippen molar-refractivity contribution in [1.29, 1.82) is 0 Å². The number of fused-ring (bicyclic) bond motifs is 1. The molecule has 1 aromatic rings. The van der Waals surface area contributed by atoms with Gasteiger partial charge < -0.3 is 14.8 Å². The van der Waals surface area contributed by atoms with Crippen molar-refractivity contribution in [3.63, 3.8) is 0 Å². The average molecular weight is 348 g/mol. The highest BCUT2D eigenvalue weighted by molar-refractivity contribution is 5.99. The van der Waals surface area contributed by atoms with Crippen molar-refractivity contribution in [3.05, 3.63) is 24.3 Å². The van der Waals surface area contributed by atoms with E-state index in [2.05, 4.69) is 5.32 Å². The zero-order chi connectivity index (χ0) is 18.4. The number of ether oxygens (including phenoxy) is 2. The molecule has 1 aliphatic heterocycles. The molecule has 0 bridgehead atoms. The highest BCUT2D eigenvalue weighted by Crippen LogP contribution is 2.30. The smallest absolute Gasteiger partial charge is 0.326 e. The Balaban J connectivity index is 1.99. The van der Waals surface area contributed by atoms with E-state index < -0.39 is 12.1 Å². The third-order valence-electron chi connectivity index (χ3n) is 3.68. The summed E-state index contributed by atoms with van der Waals surface area (Å²) >= 11 is 0. The average Bonchev–Trinajstić information content (AvgIpc) is 2.72. The van der Waals surface area contributed by atoms with Crippen LogP contribution in [0.25, 0.3) is 0 Å². The van der Waals surface area contributed by atoms with Crippen molar-refractivity contribution in [1.82, 2.24) is 5.32 Å². The molecule has 7 heteroatoms. The lowest BCUT2D eigenvalue weighted by molar-refractivity contribution is -0.153. The van der Waals surface area contributed by atoms with Crippen LogP contribution in [0.1, 0.15) is 27.2 Å². The maximum atomic E-state index is 12.3. The number of benzene rings is 1. The Hall–Kier alpha value is -2.57. The van der Waals surface area contributed by atoms with Gasteiger partial charge in [-0.3, -0.25) is 19.3 Å². The molecule has 1 aromatic carbocycles. The van der Waals surface area contributed by atoms with Crippen molar-refractivity contribution in [3.8, 4) is 5.75 Å². The van der Waals surface area contributed by atoms with Crippen LogP contribution in [-0.2, 0) is 19.1 Å². The van der Waals surface area contributed by atoms with Crippen LogP contribution in [0.5, 0.6) is 5.75 Å². The predicted octanol–water partition coefficient (Wildman–Crippen LogP) is 1.51. The van der Waals surface area contributed by atoms with Crippen LogP contribution in [-0.4, -0.2) is 43.6 Å². The minimum absolute atomic E-state index is 0.173. The number of carbonyl (C=O) groups excluding carboxylic acids is 3. The van der Waals surface area contributed by atoms with Crippen molar-refractivity contribution in [2.45, 2.75) is 33.3 Å². The van der Waals surface area contributed by atoms with E-state index in [1.54, 1.807) is 24.3 Å². The summed E-state index contributed by atoms with van der Waals surface area (Å²) in [5, 5.41) is 2.71. The number of esters is 1. The van der Waals surface area contributed by atoms with Gasteiger partial charge in [-0.15, -0.1) is 0 Å². The minimum Gasteiger partial charge on any atom is -0.491 e. The van der Waals surface area contributed by atoms with Gasteiger partial charge in [0.15, 0.2) is 6.10 Å². The number of hydrogen-bond donors (Lipinski definition) is 1. The van der Waals surface area contributed by atoms with E-state index in [0.29, 0.717) is 23.9 Å². The van der Waals surface area contributed by atoms with Crippen molar-refractivity contribution < 1.29 is 23.9 Å². The molecule has 1 atom stereocenters. The number of nitrogens with zero attached hydrogens (tertiary/aromatic N) is 1. The van der Waals surface area contributed by atoms with E-state index >= 15 is 0 Å². The fourth-order valence-electron chi connectivity index (χ4n) is 2.36. The molecule has 136 valence electrons. The Labute approximate surface area is 147 Å². The van der Waals surface area contributed by atoms with E-state index in [-0.39, 0.29) is 31.4 Å². The number of amides is 2. The third kappa shape index (κ3) is 5.20. The normalized spacial score (nSPS) is 15.0. The molecule has 0 aromatic heterocycles. The summed E-state index contributed by atoms with van der Waals surface area (Å²) < 4.78 is 10.7. The monoisotopic (exact) mass is 348 g/mol. The molecule has 0 unspecified atom stereocenters. The molecule has 1 aliphatic rings. The molecule has 0 aliphatic carbocycles. The molecule has 1 heterocycles. The van der Waals surface area contributed by atoms with E-state index in [9.17, 15) is 14.4 Å². The molecule has 1 N–H and O–H groups in total. The number of anilines is 1. The van der Waals surface area contributed by atoms with Crippen LogP contribution in [0.3, 0.4) is 0 Å². The lowest BCUT2D eigenvalue weighted by Gasteiger charge is -2.22. The molecule has 7 nitrogen and oxygen atoms in total. The summed E-state index contributed by atoms with van der Waals surface area (Å²) in [4.78, 5) is 37.7. The highest BCUT2D eigenvalue weighted by atomic mass is 16.5. The molecular weight excluding hydrogens is 324 g/mol. The molecule has 0 radical (unpaired) electrons. The number of rotatable bonds is 6. The van der Waals surface area contributed by atoms with E-state index in [1.807, 2.05) is 13.8 Å². The van der Waals surface area contributed by atoms with Gasteiger partial charge in [0.25, 0.3) is 5.91 Å². The van der Waals surface area contributed by atoms with Gasteiger partial charge >= 0.3 is 5.97 Å². The Morgan fingerprint density at radius 1 is 1.28 bits per heavy atom. The van der Waals surface area contributed by atoms with Gasteiger partial charge in [-0.05, 0) is 25.0 Å². The molecule has 25 heavy (non-hydrogen) atoms. The SMILES string of the molecule is CC(C)CNC(=O)[C@H](C)OC(=O)CN1C(=O)CCOc2ccccc21. The number of hydrogen-bond acceptors (Lipinski definition) is 5. The van der Waals surface area contributed by atoms with Crippen molar-refractivity contribution >= 4 is 23.5 Å². The molecule has 2 rings (SSSR count). The maximum absolute atomic E-state index is 12.3. The largest absolute Gasteiger partial charge is 0.491 e. The van der Waals surface area contributed by atoms with Gasteiger partial charge in [-0.25, -0.2) is 0 Å². The van der Waals surface area contributed by atoms with Crippen LogP contribution in [0.15, 0.2) is 24.3 Å². The van der Waals surface area contributed by atoms with E-state index in [0.717, 1.165) is 0 Å². The lowest BCUT2D eigenvalue weighted by Crippen LogP contribution is -2.41. The zero-order valence-corrected chi connectivity index (χ0v) is 14.8. The molecular formula is C18H24N2O5. The Kier molecular flexibility index (Phi) is 6.38. The Morgan fingerprint density at radius 3 is 2.72 bits per heavy atom. The first-order valence-corrected chi connectivity index (χ1v) is 8.38. The topological polar surface area (TPSA) is 84.9 Å². The van der Waals surface area contributed by atoms with Gasteiger partial charge in [0, 0.05) is 6.54 Å². The first kappa shape index (κ1) is 18.8. The van der Waals surface area contributed by atoms with E-state index in [1.165, 1.54) is 11.8 Å². The van der Waals surface area contributed by atoms with Gasteiger partial charge in [0.2, 0.25) is 5.91 Å². The van der Waals surface area contributed by atoms with Gasteiger partial charge in [0.1, 0.15) is 12.3 Å². The Bertz CT molecular complexity index is 644. The van der Waals surface area contributed by atoms with Gasteiger partial charge in [-0.1, -0.05) is 26.0 Å². The molecule has 2 amide bonds. The lowest BCUT2D eigenvalue weighted by atomic mass is 10.2. The highest BCUT2D eigenvalue weighted by Gasteiger charge is 2.27. The van der Waals surface area contributed by atoms with Crippen molar-refractivity contribution in [2.24, 2.45) is 5.92 Å². The number of nitrogens with one attached hydrogen (secondary N) is 1. The summed E-state index contributed by atoms with van der Waals surface area (Å²) in [6, 6.07) is 7.02. The molecule has 0 spiro atoms. The van der Waals surface area contributed by atoms with Gasteiger partial charge in [0.05, 0.1) is 18.7 Å². The van der Waals surface area contributed by atoms with E-state index in [4.69, 9.17) is 9.47 Å². The second kappa shape index (κ2) is 8.50. The summed E-state index contributed by atoms with van der Waals surface area (Å²) in [7, 11) is 0.